The Morgan fingerprint density at radius 3 is 1.68 bits per heavy atom. The van der Waals surface area contributed by atoms with E-state index < -0.39 is 5.97 Å². The highest BCUT2D eigenvalue weighted by atomic mass is 16.6. The molecule has 0 aliphatic heterocycles. The molecule has 238 valence electrons. The zero-order valence-corrected chi connectivity index (χ0v) is 26.8. The number of benzene rings is 2. The molecule has 0 aliphatic carbocycles. The molecule has 4 aromatic rings. The quantitative estimate of drug-likeness (QED) is 0.119. The minimum atomic E-state index is -0.563. The van der Waals surface area contributed by atoms with Crippen LogP contribution in [0.5, 0.6) is 11.5 Å². The van der Waals surface area contributed by atoms with Crippen molar-refractivity contribution in [1.82, 2.24) is 25.1 Å². The highest BCUT2D eigenvalue weighted by Gasteiger charge is 2.16. The van der Waals surface area contributed by atoms with E-state index in [1.165, 1.54) is 7.05 Å². The number of H-pyrrole nitrogens is 2. The third-order valence-corrected chi connectivity index (χ3v) is 6.72. The maximum absolute atomic E-state index is 11.9. The van der Waals surface area contributed by atoms with E-state index >= 15 is 0 Å². The van der Waals surface area contributed by atoms with Crippen LogP contribution >= 0.6 is 0 Å². The summed E-state index contributed by atoms with van der Waals surface area (Å²) in [7, 11) is 9.60. The Morgan fingerprint density at radius 2 is 1.25 bits per heavy atom. The van der Waals surface area contributed by atoms with Gasteiger partial charge in [-0.05, 0) is 90.3 Å². The maximum atomic E-state index is 11.9. The number of carbonyl (C=O) groups excluding carboxylic acids is 3. The van der Waals surface area contributed by atoms with Crippen molar-refractivity contribution >= 4 is 39.7 Å². The van der Waals surface area contributed by atoms with E-state index in [4.69, 9.17) is 14.2 Å². The second kappa shape index (κ2) is 16.6. The van der Waals surface area contributed by atoms with Gasteiger partial charge in [-0.3, -0.25) is 9.59 Å². The fraction of sp³-hybridized carbons (Fsp3) is 0.424. The number of carbonyl (C=O) groups is 3. The third kappa shape index (κ3) is 10.2. The maximum Gasteiger partial charge on any atom is 0.337 e. The first-order chi connectivity index (χ1) is 21.0. The lowest BCUT2D eigenvalue weighted by Crippen LogP contribution is -2.23. The van der Waals surface area contributed by atoms with Crippen LogP contribution in [0.4, 0.5) is 0 Å². The molecule has 0 spiro atoms. The standard InChI is InChI=1S/C17H24N2O3.C16H21N3O3/c1-12(2)21-11-16(20)22-15-7-5-6-14-17(15)13(10-18-14)8-9-19(3)4;1-17-14(20)9-15(21)22-13-6-4-5-12-16(13)11(10-18-12)7-8-19(2)3/h5-7,10,12,18H,8-9,11H2,1-4H3;4-6,10,18H,7-9H2,1-3H3,(H,17,20). The van der Waals surface area contributed by atoms with Gasteiger partial charge in [0, 0.05) is 54.3 Å². The summed E-state index contributed by atoms with van der Waals surface area (Å²) in [5.41, 5.74) is 4.13. The van der Waals surface area contributed by atoms with E-state index in [1.807, 2.05) is 84.8 Å². The van der Waals surface area contributed by atoms with E-state index in [2.05, 4.69) is 25.1 Å². The molecule has 0 bridgehead atoms. The lowest BCUT2D eigenvalue weighted by Gasteiger charge is -2.11. The van der Waals surface area contributed by atoms with Crippen LogP contribution in [0.1, 0.15) is 31.4 Å². The molecule has 3 N–H and O–H groups in total. The molecular weight excluding hydrogens is 562 g/mol. The van der Waals surface area contributed by atoms with Gasteiger partial charge in [0.15, 0.2) is 0 Å². The average Bonchev–Trinajstić information content (AvgIpc) is 3.59. The lowest BCUT2D eigenvalue weighted by atomic mass is 10.1. The Bertz CT molecular complexity index is 1540. The summed E-state index contributed by atoms with van der Waals surface area (Å²) in [6, 6.07) is 11.2. The van der Waals surface area contributed by atoms with Gasteiger partial charge in [-0.2, -0.15) is 0 Å². The highest BCUT2D eigenvalue weighted by molar-refractivity contribution is 5.97. The van der Waals surface area contributed by atoms with E-state index in [9.17, 15) is 14.4 Å². The molecule has 2 heterocycles. The monoisotopic (exact) mass is 607 g/mol. The largest absolute Gasteiger partial charge is 0.425 e. The van der Waals surface area contributed by atoms with Crippen LogP contribution < -0.4 is 14.8 Å². The van der Waals surface area contributed by atoms with Crippen molar-refractivity contribution in [3.8, 4) is 11.5 Å². The fourth-order valence-electron chi connectivity index (χ4n) is 4.46. The number of likely N-dealkylation sites (N-methyl/N-ethyl adjacent to an activating group) is 2. The molecule has 0 saturated carbocycles. The molecule has 11 heteroatoms. The summed E-state index contributed by atoms with van der Waals surface area (Å²) in [5.74, 6) is -0.224. The summed E-state index contributed by atoms with van der Waals surface area (Å²) in [6.07, 6.45) is 5.37. The van der Waals surface area contributed by atoms with Crippen molar-refractivity contribution in [2.24, 2.45) is 0 Å². The average molecular weight is 608 g/mol. The summed E-state index contributed by atoms with van der Waals surface area (Å²) in [5, 5.41) is 4.28. The summed E-state index contributed by atoms with van der Waals surface area (Å²) in [4.78, 5) is 45.6. The molecule has 0 radical (unpaired) electrons. The van der Waals surface area contributed by atoms with Crippen LogP contribution in [0.25, 0.3) is 21.8 Å². The first kappa shape index (κ1) is 34.3. The van der Waals surface area contributed by atoms with E-state index in [-0.39, 0.29) is 31.0 Å². The van der Waals surface area contributed by atoms with Crippen LogP contribution in [0.2, 0.25) is 0 Å². The normalized spacial score (nSPS) is 11.2. The second-order valence-electron chi connectivity index (χ2n) is 11.2. The molecule has 44 heavy (non-hydrogen) atoms. The van der Waals surface area contributed by atoms with Gasteiger partial charge in [-0.15, -0.1) is 0 Å². The molecule has 1 amide bonds. The SMILES string of the molecule is CC(C)OCC(=O)Oc1cccc2[nH]cc(CCN(C)C)c12.CNC(=O)CC(=O)Oc1cccc2[nH]cc(CCN(C)C)c12. The Labute approximate surface area is 258 Å². The number of nitrogens with one attached hydrogen (secondary N) is 3. The van der Waals surface area contributed by atoms with Gasteiger partial charge in [0.1, 0.15) is 24.5 Å². The highest BCUT2D eigenvalue weighted by Crippen LogP contribution is 2.30. The van der Waals surface area contributed by atoms with E-state index in [1.54, 1.807) is 6.07 Å². The zero-order valence-electron chi connectivity index (χ0n) is 26.8. The second-order valence-corrected chi connectivity index (χ2v) is 11.2. The molecule has 0 unspecified atom stereocenters. The van der Waals surface area contributed by atoms with Crippen LogP contribution in [0, 0.1) is 0 Å². The van der Waals surface area contributed by atoms with Gasteiger partial charge in [0.25, 0.3) is 0 Å². The van der Waals surface area contributed by atoms with Gasteiger partial charge in [0.05, 0.1) is 6.10 Å². The van der Waals surface area contributed by atoms with Crippen LogP contribution in [0.15, 0.2) is 48.8 Å². The minimum absolute atomic E-state index is 0.00579. The van der Waals surface area contributed by atoms with E-state index in [0.717, 1.165) is 58.9 Å². The van der Waals surface area contributed by atoms with Gasteiger partial charge in [-0.25, -0.2) is 4.79 Å². The Balaban J connectivity index is 0.000000240. The predicted molar refractivity (Wildman–Crippen MR) is 172 cm³/mol. The van der Waals surface area contributed by atoms with Gasteiger partial charge in [-0.1, -0.05) is 12.1 Å². The molecule has 0 atom stereocenters. The minimum Gasteiger partial charge on any atom is -0.425 e. The van der Waals surface area contributed by atoms with Crippen molar-refractivity contribution in [3.05, 3.63) is 59.9 Å². The third-order valence-electron chi connectivity index (χ3n) is 6.72. The Hall–Kier alpha value is -4.19. The van der Waals surface area contributed by atoms with E-state index in [0.29, 0.717) is 11.5 Å². The zero-order chi connectivity index (χ0) is 32.2. The molecule has 2 aromatic heterocycles. The van der Waals surface area contributed by atoms with Crippen molar-refractivity contribution in [2.45, 2.75) is 39.2 Å². The van der Waals surface area contributed by atoms with Crippen molar-refractivity contribution in [3.63, 3.8) is 0 Å². The smallest absolute Gasteiger partial charge is 0.337 e. The topological polar surface area (TPSA) is 129 Å². The first-order valence-corrected chi connectivity index (χ1v) is 14.7. The van der Waals surface area contributed by atoms with Gasteiger partial charge < -0.3 is 39.3 Å². The first-order valence-electron chi connectivity index (χ1n) is 14.7. The number of rotatable bonds is 13. The van der Waals surface area contributed by atoms with Crippen LogP contribution in [0.3, 0.4) is 0 Å². The molecule has 0 saturated heterocycles. The lowest BCUT2D eigenvalue weighted by molar-refractivity contribution is -0.141. The van der Waals surface area contributed by atoms with Crippen LogP contribution in [-0.4, -0.2) is 98.7 Å². The molecule has 0 aliphatic rings. The molecule has 2 aromatic carbocycles. The number of hydrogen-bond acceptors (Lipinski definition) is 8. The molecule has 4 rings (SSSR count). The molecular formula is C33H45N5O6. The van der Waals surface area contributed by atoms with Gasteiger partial charge >= 0.3 is 11.9 Å². The number of aromatic nitrogens is 2. The number of nitrogens with zero attached hydrogens (tertiary/aromatic N) is 2. The Morgan fingerprint density at radius 1 is 0.773 bits per heavy atom. The number of ether oxygens (including phenoxy) is 3. The molecule has 11 nitrogen and oxygen atoms in total. The number of esters is 2. The number of amides is 1. The summed E-state index contributed by atoms with van der Waals surface area (Å²) < 4.78 is 16.1. The number of fused-ring (bicyclic) bond motifs is 2. The van der Waals surface area contributed by atoms with Crippen molar-refractivity contribution in [1.29, 1.82) is 0 Å². The summed E-state index contributed by atoms with van der Waals surface area (Å²) in [6.45, 7) is 5.57. The molecule has 0 fully saturated rings. The summed E-state index contributed by atoms with van der Waals surface area (Å²) >= 11 is 0. The van der Waals surface area contributed by atoms with Gasteiger partial charge in [0.2, 0.25) is 5.91 Å². The van der Waals surface area contributed by atoms with Crippen LogP contribution in [-0.2, 0) is 32.0 Å². The van der Waals surface area contributed by atoms with Crippen molar-refractivity contribution < 1.29 is 28.6 Å². The predicted octanol–water partition coefficient (Wildman–Crippen LogP) is 3.92. The fourth-order valence-corrected chi connectivity index (χ4v) is 4.46. The van der Waals surface area contributed by atoms with Crippen molar-refractivity contribution in [2.75, 3.05) is 54.9 Å². The number of hydrogen-bond donors (Lipinski definition) is 3. The Kier molecular flexibility index (Phi) is 12.9. The number of aromatic amines is 2.